The lowest BCUT2D eigenvalue weighted by atomic mass is 9.97. The van der Waals surface area contributed by atoms with Crippen molar-refractivity contribution in [1.29, 1.82) is 0 Å². The Balaban J connectivity index is 1.47. The normalized spacial score (nSPS) is 13.5. The first-order valence-corrected chi connectivity index (χ1v) is 11.8. The summed E-state index contributed by atoms with van der Waals surface area (Å²) in [5.74, 6) is 0.604. The fourth-order valence-corrected chi connectivity index (χ4v) is 5.54. The maximum Gasteiger partial charge on any atom is 0.263 e. The number of nitrogens with one attached hydrogen (secondary N) is 1. The van der Waals surface area contributed by atoms with Crippen molar-refractivity contribution in [3.05, 3.63) is 68.6 Å². The Labute approximate surface area is 185 Å². The molecule has 0 radical (unpaired) electrons. The molecule has 3 aromatic heterocycles. The summed E-state index contributed by atoms with van der Waals surface area (Å²) in [5.41, 5.74) is 4.61. The fraction of sp³-hybridized carbons (Fsp3) is 0.375. The summed E-state index contributed by atoms with van der Waals surface area (Å²) in [6.45, 7) is 5.52. The van der Waals surface area contributed by atoms with Crippen LogP contribution in [0.2, 0.25) is 0 Å². The number of thiophene rings is 1. The zero-order valence-corrected chi connectivity index (χ0v) is 18.8. The monoisotopic (exact) mass is 433 g/mol. The number of anilines is 2. The highest BCUT2D eigenvalue weighted by Crippen LogP contribution is 2.34. The molecule has 4 aromatic rings. The Morgan fingerprint density at radius 2 is 1.97 bits per heavy atom. The molecule has 160 valence electrons. The molecule has 0 aliphatic heterocycles. The van der Waals surface area contributed by atoms with E-state index in [9.17, 15) is 4.79 Å². The number of fused-ring (bicyclic) bond motifs is 3. The van der Waals surface area contributed by atoms with Gasteiger partial charge in [-0.2, -0.15) is 5.10 Å². The second-order valence-electron chi connectivity index (χ2n) is 8.32. The first-order chi connectivity index (χ1) is 15.1. The number of nitrogens with zero attached hydrogens (tertiary/aromatic N) is 4. The lowest BCUT2D eigenvalue weighted by molar-refractivity contribution is 0.655. The van der Waals surface area contributed by atoms with Crippen molar-refractivity contribution in [2.24, 2.45) is 0 Å². The highest BCUT2D eigenvalue weighted by atomic mass is 32.1. The Kier molecular flexibility index (Phi) is 5.36. The third-order valence-electron chi connectivity index (χ3n) is 5.88. The Morgan fingerprint density at radius 3 is 2.77 bits per heavy atom. The summed E-state index contributed by atoms with van der Waals surface area (Å²) in [7, 11) is 0. The third-order valence-corrected chi connectivity index (χ3v) is 7.06. The van der Waals surface area contributed by atoms with Crippen LogP contribution >= 0.6 is 11.3 Å². The molecule has 0 fully saturated rings. The van der Waals surface area contributed by atoms with E-state index in [4.69, 9.17) is 4.98 Å². The van der Waals surface area contributed by atoms with E-state index in [-0.39, 0.29) is 5.56 Å². The van der Waals surface area contributed by atoms with Crippen molar-refractivity contribution in [3.63, 3.8) is 0 Å². The first-order valence-electron chi connectivity index (χ1n) is 11.0. The van der Waals surface area contributed by atoms with Crippen molar-refractivity contribution in [2.45, 2.75) is 59.0 Å². The van der Waals surface area contributed by atoms with Crippen molar-refractivity contribution in [3.8, 4) is 0 Å². The molecule has 31 heavy (non-hydrogen) atoms. The molecular formula is C24H27N5OS. The predicted molar refractivity (Wildman–Crippen MR) is 127 cm³/mol. The minimum absolute atomic E-state index is 0.0841. The van der Waals surface area contributed by atoms with Crippen molar-refractivity contribution in [1.82, 2.24) is 19.3 Å². The predicted octanol–water partition coefficient (Wildman–Crippen LogP) is 5.04. The van der Waals surface area contributed by atoms with E-state index in [0.717, 1.165) is 41.6 Å². The van der Waals surface area contributed by atoms with Crippen molar-refractivity contribution < 1.29 is 0 Å². The highest BCUT2D eigenvalue weighted by molar-refractivity contribution is 7.18. The van der Waals surface area contributed by atoms with Crippen LogP contribution in [0.4, 0.5) is 11.6 Å². The van der Waals surface area contributed by atoms with Gasteiger partial charge in [0.15, 0.2) is 0 Å². The van der Waals surface area contributed by atoms with Gasteiger partial charge in [0, 0.05) is 17.6 Å². The standard InChI is InChI=1S/C24H27N5OS/c1-3-12-29-23(30)21-19-6-4-5-7-20(19)31-22(21)27-24(29)26-18-13-25-28(15-18)14-17-10-8-16(2)9-11-17/h8-11,13,15H,3-7,12,14H2,1-2H3,(H,26,27). The van der Waals surface area contributed by atoms with E-state index in [1.807, 2.05) is 10.9 Å². The van der Waals surface area contributed by atoms with Crippen molar-refractivity contribution in [2.75, 3.05) is 5.32 Å². The minimum atomic E-state index is 0.0841. The summed E-state index contributed by atoms with van der Waals surface area (Å²) < 4.78 is 3.69. The average molecular weight is 434 g/mol. The molecule has 0 unspecified atom stereocenters. The molecule has 0 bridgehead atoms. The average Bonchev–Trinajstić information content (AvgIpc) is 3.36. The van der Waals surface area contributed by atoms with Crippen LogP contribution in [0.25, 0.3) is 10.2 Å². The van der Waals surface area contributed by atoms with Gasteiger partial charge in [0.1, 0.15) is 4.83 Å². The summed E-state index contributed by atoms with van der Waals surface area (Å²) in [6, 6.07) is 8.47. The Hall–Kier alpha value is -2.93. The summed E-state index contributed by atoms with van der Waals surface area (Å²) >= 11 is 1.69. The van der Waals surface area contributed by atoms with E-state index in [2.05, 4.69) is 48.5 Å². The molecule has 0 saturated heterocycles. The Morgan fingerprint density at radius 1 is 1.16 bits per heavy atom. The van der Waals surface area contributed by atoms with Gasteiger partial charge in [-0.3, -0.25) is 14.0 Å². The van der Waals surface area contributed by atoms with Crippen LogP contribution in [-0.2, 0) is 25.9 Å². The van der Waals surface area contributed by atoms with Gasteiger partial charge >= 0.3 is 0 Å². The maximum atomic E-state index is 13.4. The number of hydrogen-bond donors (Lipinski definition) is 1. The van der Waals surface area contributed by atoms with E-state index < -0.39 is 0 Å². The molecule has 7 heteroatoms. The molecule has 0 atom stereocenters. The van der Waals surface area contributed by atoms with Crippen LogP contribution in [0.5, 0.6) is 0 Å². The smallest absolute Gasteiger partial charge is 0.263 e. The Bertz CT molecular complexity index is 1280. The number of hydrogen-bond acceptors (Lipinski definition) is 5. The number of aromatic nitrogens is 4. The van der Waals surface area contributed by atoms with E-state index in [1.165, 1.54) is 28.0 Å². The van der Waals surface area contributed by atoms with Crippen LogP contribution in [-0.4, -0.2) is 19.3 Å². The zero-order valence-electron chi connectivity index (χ0n) is 18.0. The molecule has 1 aliphatic rings. The molecule has 6 nitrogen and oxygen atoms in total. The number of benzene rings is 1. The number of aryl methyl sites for hydroxylation is 3. The number of rotatable bonds is 6. The van der Waals surface area contributed by atoms with E-state index in [0.29, 0.717) is 19.0 Å². The van der Waals surface area contributed by atoms with Gasteiger partial charge in [-0.1, -0.05) is 36.8 Å². The second kappa shape index (κ2) is 8.30. The minimum Gasteiger partial charge on any atom is -0.323 e. The van der Waals surface area contributed by atoms with Crippen LogP contribution in [0.3, 0.4) is 0 Å². The maximum absolute atomic E-state index is 13.4. The highest BCUT2D eigenvalue weighted by Gasteiger charge is 2.22. The van der Waals surface area contributed by atoms with Gasteiger partial charge in [-0.25, -0.2) is 4.98 Å². The summed E-state index contributed by atoms with van der Waals surface area (Å²) in [5, 5.41) is 8.69. The molecule has 5 rings (SSSR count). The molecule has 1 aromatic carbocycles. The lowest BCUT2D eigenvalue weighted by Gasteiger charge is -2.13. The third kappa shape index (κ3) is 3.90. The zero-order chi connectivity index (χ0) is 21.4. The van der Waals surface area contributed by atoms with Crippen LogP contribution < -0.4 is 10.9 Å². The van der Waals surface area contributed by atoms with E-state index in [1.54, 1.807) is 22.1 Å². The van der Waals surface area contributed by atoms with Crippen molar-refractivity contribution >= 4 is 33.2 Å². The van der Waals surface area contributed by atoms with Gasteiger partial charge in [-0.15, -0.1) is 11.3 Å². The fourth-order valence-electron chi connectivity index (χ4n) is 4.29. The second-order valence-corrected chi connectivity index (χ2v) is 9.40. The largest absolute Gasteiger partial charge is 0.323 e. The lowest BCUT2D eigenvalue weighted by Crippen LogP contribution is -2.24. The van der Waals surface area contributed by atoms with Gasteiger partial charge in [-0.05, 0) is 50.2 Å². The van der Waals surface area contributed by atoms with Gasteiger partial charge in [0.2, 0.25) is 5.95 Å². The van der Waals surface area contributed by atoms with Gasteiger partial charge in [0.25, 0.3) is 5.56 Å². The molecule has 1 N–H and O–H groups in total. The quantitative estimate of drug-likeness (QED) is 0.462. The van der Waals surface area contributed by atoms with Crippen LogP contribution in [0.1, 0.15) is 47.8 Å². The van der Waals surface area contributed by atoms with Gasteiger partial charge in [0.05, 0.1) is 23.8 Å². The molecule has 1 aliphatic carbocycles. The summed E-state index contributed by atoms with van der Waals surface area (Å²) in [4.78, 5) is 20.5. The molecule has 3 heterocycles. The van der Waals surface area contributed by atoms with Crippen LogP contribution in [0.15, 0.2) is 41.5 Å². The molecular weight excluding hydrogens is 406 g/mol. The molecule has 0 spiro atoms. The van der Waals surface area contributed by atoms with E-state index >= 15 is 0 Å². The first kappa shape index (κ1) is 20.0. The summed E-state index contributed by atoms with van der Waals surface area (Å²) in [6.07, 6.45) is 9.06. The molecule has 0 amide bonds. The van der Waals surface area contributed by atoms with Gasteiger partial charge < -0.3 is 5.32 Å². The van der Waals surface area contributed by atoms with Crippen LogP contribution in [0, 0.1) is 6.92 Å². The SMILES string of the molecule is CCCn1c(Nc2cnn(Cc3ccc(C)cc3)c2)nc2sc3c(c2c1=O)CCCC3. The topological polar surface area (TPSA) is 64.7 Å². The molecule has 0 saturated carbocycles.